The number of halogens is 2. The van der Waals surface area contributed by atoms with Crippen LogP contribution in [0.2, 0.25) is 10.0 Å². The molecule has 21 heavy (non-hydrogen) atoms. The van der Waals surface area contributed by atoms with E-state index in [4.69, 9.17) is 28.9 Å². The van der Waals surface area contributed by atoms with Gasteiger partial charge in [0.25, 0.3) is 5.91 Å². The molecule has 0 aliphatic carbocycles. The molecule has 2 saturated heterocycles. The number of carbonyl (C=O) groups excluding carboxylic acids is 1. The number of nitrogens with two attached hydrogens (primary N) is 1. The van der Waals surface area contributed by atoms with Gasteiger partial charge in [0.2, 0.25) is 0 Å². The summed E-state index contributed by atoms with van der Waals surface area (Å²) in [6, 6.07) is 3.66. The van der Waals surface area contributed by atoms with Gasteiger partial charge in [-0.2, -0.15) is 0 Å². The van der Waals surface area contributed by atoms with Crippen molar-refractivity contribution in [3.05, 3.63) is 27.7 Å². The fourth-order valence-electron chi connectivity index (χ4n) is 3.27. The highest BCUT2D eigenvalue weighted by atomic mass is 35.5. The van der Waals surface area contributed by atoms with E-state index in [1.165, 1.54) is 12.8 Å². The minimum absolute atomic E-state index is 0.0732. The van der Waals surface area contributed by atoms with Crippen molar-refractivity contribution in [3.8, 4) is 0 Å². The first kappa shape index (κ1) is 14.9. The predicted molar refractivity (Wildman–Crippen MR) is 86.0 cm³/mol. The molecule has 0 spiro atoms. The first-order chi connectivity index (χ1) is 10.1. The van der Waals surface area contributed by atoms with Gasteiger partial charge < -0.3 is 10.6 Å². The lowest BCUT2D eigenvalue weighted by Gasteiger charge is -2.24. The zero-order valence-electron chi connectivity index (χ0n) is 11.8. The molecule has 2 fully saturated rings. The summed E-state index contributed by atoms with van der Waals surface area (Å²) in [5.41, 5.74) is 6.64. The average Bonchev–Trinajstić information content (AvgIpc) is 3.11. The van der Waals surface area contributed by atoms with Gasteiger partial charge in [-0.3, -0.25) is 9.69 Å². The van der Waals surface area contributed by atoms with Crippen LogP contribution in [0, 0.1) is 0 Å². The molecule has 2 aliphatic rings. The largest absolute Gasteiger partial charge is 0.399 e. The maximum Gasteiger partial charge on any atom is 0.255 e. The predicted octanol–water partition coefficient (Wildman–Crippen LogP) is 2.89. The SMILES string of the molecule is Nc1cc(Cl)c(Cl)c(C(=O)N2CCC(N3CCCC3)C2)c1. The van der Waals surface area contributed by atoms with Crippen LogP contribution >= 0.6 is 23.2 Å². The number of hydrogen-bond acceptors (Lipinski definition) is 3. The summed E-state index contributed by atoms with van der Waals surface area (Å²) in [6.07, 6.45) is 3.56. The van der Waals surface area contributed by atoms with E-state index in [2.05, 4.69) is 4.90 Å². The van der Waals surface area contributed by atoms with E-state index in [9.17, 15) is 4.79 Å². The third-order valence-corrected chi connectivity index (χ3v) is 5.19. The molecule has 3 rings (SSSR count). The number of benzene rings is 1. The van der Waals surface area contributed by atoms with Crippen molar-refractivity contribution in [1.29, 1.82) is 0 Å². The lowest BCUT2D eigenvalue weighted by atomic mass is 10.1. The average molecular weight is 328 g/mol. The second-order valence-corrected chi connectivity index (χ2v) is 6.59. The third kappa shape index (κ3) is 2.98. The van der Waals surface area contributed by atoms with Gasteiger partial charge in [-0.1, -0.05) is 23.2 Å². The molecule has 2 heterocycles. The van der Waals surface area contributed by atoms with Crippen molar-refractivity contribution >= 4 is 34.8 Å². The molecule has 2 aliphatic heterocycles. The summed E-state index contributed by atoms with van der Waals surface area (Å²) in [5, 5.41) is 0.621. The van der Waals surface area contributed by atoms with Crippen LogP contribution in [0.15, 0.2) is 12.1 Å². The Morgan fingerprint density at radius 2 is 1.90 bits per heavy atom. The van der Waals surface area contributed by atoms with Gasteiger partial charge in [-0.05, 0) is 44.5 Å². The first-order valence-corrected chi connectivity index (χ1v) is 8.09. The molecule has 1 atom stereocenters. The molecule has 0 aromatic heterocycles. The zero-order chi connectivity index (χ0) is 15.0. The lowest BCUT2D eigenvalue weighted by molar-refractivity contribution is 0.0780. The summed E-state index contributed by atoms with van der Waals surface area (Å²) in [4.78, 5) is 17.0. The molecule has 2 N–H and O–H groups in total. The van der Waals surface area contributed by atoms with Crippen LogP contribution in [-0.4, -0.2) is 47.9 Å². The monoisotopic (exact) mass is 327 g/mol. The van der Waals surface area contributed by atoms with Gasteiger partial charge in [0.15, 0.2) is 0 Å². The van der Waals surface area contributed by atoms with Crippen molar-refractivity contribution < 1.29 is 4.79 Å². The molecular formula is C15H19Cl2N3O. The van der Waals surface area contributed by atoms with Crippen LogP contribution in [0.25, 0.3) is 0 Å². The van der Waals surface area contributed by atoms with Crippen molar-refractivity contribution in [2.75, 3.05) is 31.9 Å². The molecule has 114 valence electrons. The van der Waals surface area contributed by atoms with E-state index in [0.29, 0.717) is 27.3 Å². The minimum atomic E-state index is -0.0732. The van der Waals surface area contributed by atoms with Crippen molar-refractivity contribution in [3.63, 3.8) is 0 Å². The number of amides is 1. The fourth-order valence-corrected chi connectivity index (χ4v) is 3.68. The highest BCUT2D eigenvalue weighted by Crippen LogP contribution is 2.31. The van der Waals surface area contributed by atoms with E-state index < -0.39 is 0 Å². The van der Waals surface area contributed by atoms with E-state index >= 15 is 0 Å². The summed E-state index contributed by atoms with van der Waals surface area (Å²) >= 11 is 12.2. The Bertz CT molecular complexity index is 558. The topological polar surface area (TPSA) is 49.6 Å². The molecule has 1 unspecified atom stereocenters. The van der Waals surface area contributed by atoms with Crippen LogP contribution in [0.3, 0.4) is 0 Å². The Morgan fingerprint density at radius 3 is 2.62 bits per heavy atom. The Hall–Kier alpha value is -0.970. The minimum Gasteiger partial charge on any atom is -0.399 e. The molecule has 6 heteroatoms. The summed E-state index contributed by atoms with van der Waals surface area (Å²) in [6.45, 7) is 3.83. The van der Waals surface area contributed by atoms with Gasteiger partial charge in [0.05, 0.1) is 15.6 Å². The normalized spacial score (nSPS) is 23.0. The summed E-state index contributed by atoms with van der Waals surface area (Å²) in [5.74, 6) is -0.0732. The third-order valence-electron chi connectivity index (χ3n) is 4.39. The number of anilines is 1. The number of likely N-dealkylation sites (tertiary alicyclic amines) is 2. The molecular weight excluding hydrogens is 309 g/mol. The number of hydrogen-bond donors (Lipinski definition) is 1. The van der Waals surface area contributed by atoms with E-state index in [0.717, 1.165) is 32.6 Å². The number of carbonyl (C=O) groups is 1. The van der Waals surface area contributed by atoms with E-state index in [1.54, 1.807) is 12.1 Å². The molecule has 0 bridgehead atoms. The second kappa shape index (κ2) is 6.03. The highest BCUT2D eigenvalue weighted by molar-refractivity contribution is 6.44. The van der Waals surface area contributed by atoms with Crippen LogP contribution in [0.1, 0.15) is 29.6 Å². The molecule has 1 aromatic carbocycles. The van der Waals surface area contributed by atoms with Crippen molar-refractivity contribution in [2.24, 2.45) is 0 Å². The summed E-state index contributed by atoms with van der Waals surface area (Å²) < 4.78 is 0. The van der Waals surface area contributed by atoms with E-state index in [-0.39, 0.29) is 5.91 Å². The Labute approximate surface area is 134 Å². The van der Waals surface area contributed by atoms with Gasteiger partial charge in [-0.15, -0.1) is 0 Å². The Kier molecular flexibility index (Phi) is 4.29. The van der Waals surface area contributed by atoms with Gasteiger partial charge in [0, 0.05) is 24.8 Å². The Morgan fingerprint density at radius 1 is 1.19 bits per heavy atom. The van der Waals surface area contributed by atoms with Crippen LogP contribution in [0.5, 0.6) is 0 Å². The number of nitrogen functional groups attached to an aromatic ring is 1. The smallest absolute Gasteiger partial charge is 0.255 e. The van der Waals surface area contributed by atoms with Gasteiger partial charge in [0.1, 0.15) is 0 Å². The van der Waals surface area contributed by atoms with Crippen LogP contribution in [0.4, 0.5) is 5.69 Å². The highest BCUT2D eigenvalue weighted by Gasteiger charge is 2.32. The maximum absolute atomic E-state index is 12.6. The Balaban J connectivity index is 1.74. The number of nitrogens with zero attached hydrogens (tertiary/aromatic N) is 2. The standard InChI is InChI=1S/C15H19Cl2N3O/c16-13-8-10(18)7-12(14(13)17)15(21)20-6-3-11(9-20)19-4-1-2-5-19/h7-8,11H,1-6,9,18H2. The second-order valence-electron chi connectivity index (χ2n) is 5.80. The zero-order valence-corrected chi connectivity index (χ0v) is 13.3. The first-order valence-electron chi connectivity index (χ1n) is 7.34. The lowest BCUT2D eigenvalue weighted by Crippen LogP contribution is -2.37. The molecule has 1 amide bonds. The molecule has 0 saturated carbocycles. The molecule has 1 aromatic rings. The van der Waals surface area contributed by atoms with Crippen LogP contribution in [-0.2, 0) is 0 Å². The quantitative estimate of drug-likeness (QED) is 0.850. The fraction of sp³-hybridized carbons (Fsp3) is 0.533. The maximum atomic E-state index is 12.6. The number of rotatable bonds is 2. The van der Waals surface area contributed by atoms with E-state index in [1.807, 2.05) is 4.90 Å². The summed E-state index contributed by atoms with van der Waals surface area (Å²) in [7, 11) is 0. The molecule has 4 nitrogen and oxygen atoms in total. The van der Waals surface area contributed by atoms with Gasteiger partial charge in [-0.25, -0.2) is 0 Å². The van der Waals surface area contributed by atoms with Crippen molar-refractivity contribution in [1.82, 2.24) is 9.80 Å². The molecule has 0 radical (unpaired) electrons. The van der Waals surface area contributed by atoms with Gasteiger partial charge >= 0.3 is 0 Å². The van der Waals surface area contributed by atoms with Crippen molar-refractivity contribution in [2.45, 2.75) is 25.3 Å². The van der Waals surface area contributed by atoms with Crippen LogP contribution < -0.4 is 5.73 Å².